The Morgan fingerprint density at radius 3 is 2.20 bits per heavy atom. The number of fused-ring (bicyclic) bond motifs is 1. The smallest absolute Gasteiger partial charge is 0.195 e. The predicted molar refractivity (Wildman–Crippen MR) is 169 cm³/mol. The fraction of sp³-hybridized carbons (Fsp3) is 0.400. The highest BCUT2D eigenvalue weighted by Gasteiger charge is 2.22. The fourth-order valence-corrected chi connectivity index (χ4v) is 7.21. The van der Waals surface area contributed by atoms with E-state index < -0.39 is 0 Å². The molecule has 0 aliphatic carbocycles. The number of nitrogens with zero attached hydrogens (tertiary/aromatic N) is 2. The molecule has 41 heavy (non-hydrogen) atoms. The van der Waals surface area contributed by atoms with E-state index in [1.807, 2.05) is 48.5 Å². The molecule has 0 saturated carbocycles. The van der Waals surface area contributed by atoms with E-state index in [0.29, 0.717) is 12.2 Å². The molecule has 1 aromatic heterocycles. The van der Waals surface area contributed by atoms with Crippen LogP contribution in [0.2, 0.25) is 0 Å². The summed E-state index contributed by atoms with van der Waals surface area (Å²) in [7, 11) is 0. The number of carbonyl (C=O) groups excluding carboxylic acids is 1. The average molecular weight is 569 g/mol. The summed E-state index contributed by atoms with van der Waals surface area (Å²) in [4.78, 5) is 19.9. The zero-order chi connectivity index (χ0) is 28.0. The van der Waals surface area contributed by atoms with Gasteiger partial charge in [-0.3, -0.25) is 14.6 Å². The number of likely N-dealkylation sites (tertiary alicyclic amines) is 2. The third kappa shape index (κ3) is 6.66. The van der Waals surface area contributed by atoms with Crippen molar-refractivity contribution in [2.24, 2.45) is 0 Å². The van der Waals surface area contributed by atoms with Crippen LogP contribution >= 0.6 is 11.3 Å². The maximum atomic E-state index is 14.0. The van der Waals surface area contributed by atoms with Gasteiger partial charge in [-0.15, -0.1) is 11.3 Å². The van der Waals surface area contributed by atoms with Crippen LogP contribution in [-0.2, 0) is 0 Å². The molecule has 1 unspecified atom stereocenters. The Kier molecular flexibility index (Phi) is 9.00. The molecule has 2 aliphatic rings. The first-order valence-electron chi connectivity index (χ1n) is 15.2. The third-order valence-corrected chi connectivity index (χ3v) is 9.57. The highest BCUT2D eigenvalue weighted by Crippen LogP contribution is 2.40. The summed E-state index contributed by atoms with van der Waals surface area (Å²) >= 11 is 1.67. The van der Waals surface area contributed by atoms with Crippen molar-refractivity contribution in [3.63, 3.8) is 0 Å². The van der Waals surface area contributed by atoms with Crippen molar-refractivity contribution in [3.05, 3.63) is 83.9 Å². The van der Waals surface area contributed by atoms with Gasteiger partial charge in [0.2, 0.25) is 0 Å². The number of rotatable bonds is 12. The van der Waals surface area contributed by atoms with E-state index in [1.165, 1.54) is 51.9 Å². The largest absolute Gasteiger partial charge is 0.492 e. The number of ketones is 1. The molecule has 4 aromatic rings. The minimum Gasteiger partial charge on any atom is -0.492 e. The van der Waals surface area contributed by atoms with Crippen molar-refractivity contribution in [1.82, 2.24) is 9.80 Å². The van der Waals surface area contributed by atoms with Crippen LogP contribution in [0.1, 0.15) is 54.9 Å². The molecule has 214 valence electrons. The number of hydrogen-bond donors (Lipinski definition) is 0. The SMILES string of the molecule is CCC(CN1CCCC1)Oc1ccc(C(=O)c2c(-c3ccc(OCCN4CCCC4)cc3)sc3ccccc23)cc1. The summed E-state index contributed by atoms with van der Waals surface area (Å²) in [6.45, 7) is 9.49. The standard InChI is InChI=1S/C35H40N2O3S/c1-2-28(25-37-21-7-8-22-37)40-30-17-11-26(12-18-30)34(38)33-31-9-3-4-10-32(31)41-35(33)27-13-15-29(16-14-27)39-24-23-36-19-5-6-20-36/h3-4,9-18,28H,2,5-8,19-25H2,1H3. The fourth-order valence-electron chi connectivity index (χ4n) is 6.00. The van der Waals surface area contributed by atoms with Gasteiger partial charge in [0.15, 0.2) is 5.78 Å². The van der Waals surface area contributed by atoms with E-state index >= 15 is 0 Å². The summed E-state index contributed by atoms with van der Waals surface area (Å²) < 4.78 is 13.5. The summed E-state index contributed by atoms with van der Waals surface area (Å²) in [6.07, 6.45) is 6.27. The lowest BCUT2D eigenvalue weighted by atomic mass is 9.97. The maximum Gasteiger partial charge on any atom is 0.195 e. The third-order valence-electron chi connectivity index (χ3n) is 8.35. The molecule has 3 aromatic carbocycles. The van der Waals surface area contributed by atoms with Gasteiger partial charge in [-0.1, -0.05) is 25.1 Å². The van der Waals surface area contributed by atoms with Crippen LogP contribution in [0.4, 0.5) is 0 Å². The van der Waals surface area contributed by atoms with Gasteiger partial charge in [-0.2, -0.15) is 0 Å². The van der Waals surface area contributed by atoms with Crippen LogP contribution < -0.4 is 9.47 Å². The first-order chi connectivity index (χ1) is 20.2. The van der Waals surface area contributed by atoms with Gasteiger partial charge in [0.05, 0.1) is 0 Å². The molecular formula is C35H40N2O3S. The van der Waals surface area contributed by atoms with E-state index in [0.717, 1.165) is 57.1 Å². The molecular weight excluding hydrogens is 528 g/mol. The van der Waals surface area contributed by atoms with Crippen LogP contribution in [-0.4, -0.2) is 67.6 Å². The molecule has 1 atom stereocenters. The molecule has 3 heterocycles. The van der Waals surface area contributed by atoms with E-state index in [4.69, 9.17) is 9.47 Å². The Bertz CT molecular complexity index is 1430. The molecule has 0 radical (unpaired) electrons. The second-order valence-corrected chi connectivity index (χ2v) is 12.3. The van der Waals surface area contributed by atoms with E-state index in [9.17, 15) is 4.79 Å². The van der Waals surface area contributed by atoms with Crippen molar-refractivity contribution < 1.29 is 14.3 Å². The van der Waals surface area contributed by atoms with Gasteiger partial charge < -0.3 is 9.47 Å². The van der Waals surface area contributed by atoms with Crippen LogP contribution in [0.5, 0.6) is 11.5 Å². The van der Waals surface area contributed by atoms with Crippen LogP contribution in [0.15, 0.2) is 72.8 Å². The first kappa shape index (κ1) is 28.0. The normalized spacial score (nSPS) is 16.8. The average Bonchev–Trinajstić information content (AvgIpc) is 3.79. The minimum absolute atomic E-state index is 0.0408. The monoisotopic (exact) mass is 568 g/mol. The van der Waals surface area contributed by atoms with Crippen molar-refractivity contribution >= 4 is 27.2 Å². The van der Waals surface area contributed by atoms with Crippen molar-refractivity contribution in [2.45, 2.75) is 45.1 Å². The second kappa shape index (κ2) is 13.2. The topological polar surface area (TPSA) is 42.0 Å². The number of carbonyl (C=O) groups is 1. The Hall–Kier alpha value is -3.19. The van der Waals surface area contributed by atoms with Gasteiger partial charge in [0.25, 0.3) is 0 Å². The second-order valence-electron chi connectivity index (χ2n) is 11.2. The highest BCUT2D eigenvalue weighted by molar-refractivity contribution is 7.22. The zero-order valence-electron chi connectivity index (χ0n) is 24.0. The maximum absolute atomic E-state index is 14.0. The predicted octanol–water partition coefficient (Wildman–Crippen LogP) is 7.53. The minimum atomic E-state index is 0.0408. The Labute approximate surface area is 247 Å². The van der Waals surface area contributed by atoms with Crippen LogP contribution in [0, 0.1) is 0 Å². The number of benzene rings is 3. The van der Waals surface area contributed by atoms with Crippen LogP contribution in [0.3, 0.4) is 0 Å². The van der Waals surface area contributed by atoms with Gasteiger partial charge >= 0.3 is 0 Å². The molecule has 2 saturated heterocycles. The number of thiophene rings is 1. The molecule has 0 spiro atoms. The summed E-state index contributed by atoms with van der Waals surface area (Å²) in [5.41, 5.74) is 2.48. The number of hydrogen-bond acceptors (Lipinski definition) is 6. The summed E-state index contributed by atoms with van der Waals surface area (Å²) in [5, 5.41) is 1.00. The van der Waals surface area contributed by atoms with Gasteiger partial charge in [-0.25, -0.2) is 0 Å². The van der Waals surface area contributed by atoms with Gasteiger partial charge in [0.1, 0.15) is 24.2 Å². The number of ether oxygens (including phenoxy) is 2. The van der Waals surface area contributed by atoms with Gasteiger partial charge in [0, 0.05) is 39.2 Å². The Balaban J connectivity index is 1.18. The van der Waals surface area contributed by atoms with E-state index in [-0.39, 0.29) is 11.9 Å². The zero-order valence-corrected chi connectivity index (χ0v) is 24.8. The lowest BCUT2D eigenvalue weighted by Gasteiger charge is -2.23. The molecule has 2 fully saturated rings. The lowest BCUT2D eigenvalue weighted by molar-refractivity contribution is 0.104. The summed E-state index contributed by atoms with van der Waals surface area (Å²) in [6, 6.07) is 24.1. The Morgan fingerprint density at radius 1 is 0.829 bits per heavy atom. The first-order valence-corrected chi connectivity index (χ1v) is 16.0. The van der Waals surface area contributed by atoms with Gasteiger partial charge in [-0.05, 0) is 118 Å². The molecule has 0 bridgehead atoms. The Morgan fingerprint density at radius 2 is 1.49 bits per heavy atom. The molecule has 0 N–H and O–H groups in total. The van der Waals surface area contributed by atoms with Crippen molar-refractivity contribution in [3.8, 4) is 21.9 Å². The van der Waals surface area contributed by atoms with Crippen molar-refractivity contribution in [1.29, 1.82) is 0 Å². The van der Waals surface area contributed by atoms with E-state index in [2.05, 4.69) is 41.0 Å². The lowest BCUT2D eigenvalue weighted by Crippen LogP contribution is -2.33. The van der Waals surface area contributed by atoms with E-state index in [1.54, 1.807) is 11.3 Å². The molecule has 2 aliphatic heterocycles. The molecule has 6 rings (SSSR count). The molecule has 5 nitrogen and oxygen atoms in total. The highest BCUT2D eigenvalue weighted by atomic mass is 32.1. The van der Waals surface area contributed by atoms with Crippen LogP contribution in [0.25, 0.3) is 20.5 Å². The molecule has 6 heteroatoms. The quantitative estimate of drug-likeness (QED) is 0.165. The van der Waals surface area contributed by atoms with Crippen molar-refractivity contribution in [2.75, 3.05) is 45.9 Å². The molecule has 0 amide bonds. The summed E-state index contributed by atoms with van der Waals surface area (Å²) in [5.74, 6) is 1.73.